The highest BCUT2D eigenvalue weighted by atomic mass is 16.5. The summed E-state index contributed by atoms with van der Waals surface area (Å²) in [4.78, 5) is 32.6. The molecule has 0 aliphatic carbocycles. The van der Waals surface area contributed by atoms with Gasteiger partial charge in [0.25, 0.3) is 0 Å². The van der Waals surface area contributed by atoms with E-state index >= 15 is 0 Å². The van der Waals surface area contributed by atoms with E-state index in [0.29, 0.717) is 30.9 Å². The Morgan fingerprint density at radius 2 is 1.84 bits per heavy atom. The standard InChI is InChI=1S/C25H27N3O3/c1-4-31-23(29)22-20(16-28-15-14-26-24(30)25(28,2)3)27-19-13-9-8-12-18(19)21(22)17-10-6-5-7-11-17/h5-13H,4,14-16H2,1-3H3,(H,26,30). The lowest BCUT2D eigenvalue weighted by molar-refractivity contribution is -0.135. The van der Waals surface area contributed by atoms with E-state index < -0.39 is 11.5 Å². The molecule has 0 unspecified atom stereocenters. The summed E-state index contributed by atoms with van der Waals surface area (Å²) in [5, 5.41) is 3.82. The number of ether oxygens (including phenoxy) is 1. The molecule has 0 saturated carbocycles. The van der Waals surface area contributed by atoms with Crippen molar-refractivity contribution in [2.45, 2.75) is 32.9 Å². The highest BCUT2D eigenvalue weighted by molar-refractivity contribution is 6.07. The van der Waals surface area contributed by atoms with Crippen LogP contribution in [0.3, 0.4) is 0 Å². The molecule has 2 heterocycles. The molecule has 160 valence electrons. The Bertz CT molecular complexity index is 1130. The van der Waals surface area contributed by atoms with Gasteiger partial charge in [0, 0.05) is 30.6 Å². The number of fused-ring (bicyclic) bond motifs is 1. The lowest BCUT2D eigenvalue weighted by atomic mass is 9.92. The number of carbonyl (C=O) groups is 2. The van der Waals surface area contributed by atoms with Crippen molar-refractivity contribution in [2.24, 2.45) is 0 Å². The molecule has 1 saturated heterocycles. The Labute approximate surface area is 182 Å². The number of benzene rings is 2. The van der Waals surface area contributed by atoms with Gasteiger partial charge in [0.2, 0.25) is 5.91 Å². The van der Waals surface area contributed by atoms with Crippen LogP contribution >= 0.6 is 0 Å². The highest BCUT2D eigenvalue weighted by Crippen LogP contribution is 2.35. The molecule has 0 radical (unpaired) electrons. The smallest absolute Gasteiger partial charge is 0.340 e. The van der Waals surface area contributed by atoms with Crippen molar-refractivity contribution < 1.29 is 14.3 Å². The third-order valence-electron chi connectivity index (χ3n) is 5.86. The van der Waals surface area contributed by atoms with Crippen LogP contribution in [-0.4, -0.2) is 47.0 Å². The number of aromatic nitrogens is 1. The first-order chi connectivity index (χ1) is 14.9. The topological polar surface area (TPSA) is 71.5 Å². The molecule has 0 atom stereocenters. The van der Waals surface area contributed by atoms with Gasteiger partial charge in [0.05, 0.1) is 28.9 Å². The van der Waals surface area contributed by atoms with E-state index in [4.69, 9.17) is 9.72 Å². The second-order valence-electron chi connectivity index (χ2n) is 8.15. The first-order valence-electron chi connectivity index (χ1n) is 10.6. The van der Waals surface area contributed by atoms with Gasteiger partial charge in [-0.2, -0.15) is 0 Å². The summed E-state index contributed by atoms with van der Waals surface area (Å²) in [6.07, 6.45) is 0. The summed E-state index contributed by atoms with van der Waals surface area (Å²) in [6, 6.07) is 17.7. The Morgan fingerprint density at radius 1 is 1.13 bits per heavy atom. The van der Waals surface area contributed by atoms with Crippen molar-refractivity contribution in [3.05, 3.63) is 65.9 Å². The van der Waals surface area contributed by atoms with E-state index in [2.05, 4.69) is 10.2 Å². The van der Waals surface area contributed by atoms with Gasteiger partial charge in [-0.1, -0.05) is 48.5 Å². The average Bonchev–Trinajstić information content (AvgIpc) is 2.77. The maximum absolute atomic E-state index is 13.2. The zero-order valence-electron chi connectivity index (χ0n) is 18.1. The van der Waals surface area contributed by atoms with E-state index in [-0.39, 0.29) is 12.5 Å². The van der Waals surface area contributed by atoms with Gasteiger partial charge in [-0.15, -0.1) is 0 Å². The molecule has 1 fully saturated rings. The van der Waals surface area contributed by atoms with Crippen LogP contribution < -0.4 is 5.32 Å². The Morgan fingerprint density at radius 3 is 2.58 bits per heavy atom. The van der Waals surface area contributed by atoms with Crippen LogP contribution in [0.15, 0.2) is 54.6 Å². The molecule has 2 aromatic carbocycles. The summed E-state index contributed by atoms with van der Waals surface area (Å²) in [5.41, 5.74) is 2.95. The predicted molar refractivity (Wildman–Crippen MR) is 121 cm³/mol. The molecule has 3 aromatic rings. The molecule has 0 spiro atoms. The summed E-state index contributed by atoms with van der Waals surface area (Å²) in [6.45, 7) is 7.48. The van der Waals surface area contributed by atoms with Gasteiger partial charge >= 0.3 is 5.97 Å². The molecule has 1 aromatic heterocycles. The molecule has 1 N–H and O–H groups in total. The van der Waals surface area contributed by atoms with Crippen molar-refractivity contribution in [3.63, 3.8) is 0 Å². The molecule has 31 heavy (non-hydrogen) atoms. The first kappa shape index (κ1) is 21.0. The van der Waals surface area contributed by atoms with Gasteiger partial charge in [0.15, 0.2) is 0 Å². The number of nitrogens with zero attached hydrogens (tertiary/aromatic N) is 2. The van der Waals surface area contributed by atoms with Crippen LogP contribution in [0, 0.1) is 0 Å². The van der Waals surface area contributed by atoms with Crippen molar-refractivity contribution in [3.8, 4) is 11.1 Å². The fraction of sp³-hybridized carbons (Fsp3) is 0.320. The van der Waals surface area contributed by atoms with Crippen molar-refractivity contribution in [2.75, 3.05) is 19.7 Å². The number of esters is 1. The number of hydrogen-bond donors (Lipinski definition) is 1. The summed E-state index contributed by atoms with van der Waals surface area (Å²) in [7, 11) is 0. The number of para-hydroxylation sites is 1. The quantitative estimate of drug-likeness (QED) is 0.640. The molecule has 1 amide bonds. The summed E-state index contributed by atoms with van der Waals surface area (Å²) < 4.78 is 5.47. The third kappa shape index (κ3) is 3.91. The van der Waals surface area contributed by atoms with Crippen LogP contribution in [-0.2, 0) is 16.1 Å². The van der Waals surface area contributed by atoms with Gasteiger partial charge < -0.3 is 10.1 Å². The van der Waals surface area contributed by atoms with Crippen molar-refractivity contribution >= 4 is 22.8 Å². The molecule has 6 nitrogen and oxygen atoms in total. The number of pyridine rings is 1. The number of rotatable bonds is 5. The minimum Gasteiger partial charge on any atom is -0.462 e. The van der Waals surface area contributed by atoms with Crippen molar-refractivity contribution in [1.29, 1.82) is 0 Å². The third-order valence-corrected chi connectivity index (χ3v) is 5.86. The van der Waals surface area contributed by atoms with E-state index in [1.807, 2.05) is 68.4 Å². The van der Waals surface area contributed by atoms with Crippen LogP contribution in [0.25, 0.3) is 22.0 Å². The molecule has 4 rings (SSSR count). The molecular weight excluding hydrogens is 390 g/mol. The van der Waals surface area contributed by atoms with Crippen LogP contribution in [0.4, 0.5) is 0 Å². The maximum Gasteiger partial charge on any atom is 0.340 e. The van der Waals surface area contributed by atoms with Crippen molar-refractivity contribution in [1.82, 2.24) is 15.2 Å². The summed E-state index contributed by atoms with van der Waals surface area (Å²) >= 11 is 0. The lowest BCUT2D eigenvalue weighted by Gasteiger charge is -2.41. The zero-order chi connectivity index (χ0) is 22.0. The van der Waals surface area contributed by atoms with E-state index in [1.54, 1.807) is 6.92 Å². The molecule has 1 aliphatic rings. The largest absolute Gasteiger partial charge is 0.462 e. The first-order valence-corrected chi connectivity index (χ1v) is 10.6. The van der Waals surface area contributed by atoms with Gasteiger partial charge in [-0.3, -0.25) is 14.7 Å². The van der Waals surface area contributed by atoms with Crippen LogP contribution in [0.1, 0.15) is 36.8 Å². The molecule has 1 aliphatic heterocycles. The second kappa shape index (κ2) is 8.47. The number of nitrogens with one attached hydrogen (secondary N) is 1. The Kier molecular flexibility index (Phi) is 5.74. The normalized spacial score (nSPS) is 16.2. The van der Waals surface area contributed by atoms with E-state index in [0.717, 1.165) is 22.0 Å². The van der Waals surface area contributed by atoms with Gasteiger partial charge in [0.1, 0.15) is 0 Å². The Balaban J connectivity index is 1.95. The highest BCUT2D eigenvalue weighted by Gasteiger charge is 2.38. The minimum atomic E-state index is -0.704. The van der Waals surface area contributed by atoms with Crippen LogP contribution in [0.5, 0.6) is 0 Å². The lowest BCUT2D eigenvalue weighted by Crippen LogP contribution is -2.61. The number of amides is 1. The number of carbonyl (C=O) groups excluding carboxylic acids is 2. The molecule has 0 bridgehead atoms. The minimum absolute atomic E-state index is 0.0273. The summed E-state index contributed by atoms with van der Waals surface area (Å²) in [5.74, 6) is -0.422. The molecular formula is C25H27N3O3. The van der Waals surface area contributed by atoms with E-state index in [1.165, 1.54) is 0 Å². The van der Waals surface area contributed by atoms with E-state index in [9.17, 15) is 9.59 Å². The fourth-order valence-corrected chi connectivity index (χ4v) is 4.11. The Hall–Kier alpha value is -3.25. The van der Waals surface area contributed by atoms with Gasteiger partial charge in [-0.05, 0) is 32.4 Å². The monoisotopic (exact) mass is 417 g/mol. The zero-order valence-corrected chi connectivity index (χ0v) is 18.1. The maximum atomic E-state index is 13.2. The number of hydrogen-bond acceptors (Lipinski definition) is 5. The predicted octanol–water partition coefficient (Wildman–Crippen LogP) is 3.79. The number of piperazine rings is 1. The molecule has 6 heteroatoms. The van der Waals surface area contributed by atoms with Crippen LogP contribution in [0.2, 0.25) is 0 Å². The average molecular weight is 418 g/mol. The fourth-order valence-electron chi connectivity index (χ4n) is 4.11. The van der Waals surface area contributed by atoms with Gasteiger partial charge in [-0.25, -0.2) is 4.79 Å². The SMILES string of the molecule is CCOC(=O)c1c(CN2CCNC(=O)C2(C)C)nc2ccccc2c1-c1ccccc1. The second-order valence-corrected chi connectivity index (χ2v) is 8.15.